The van der Waals surface area contributed by atoms with Crippen molar-refractivity contribution in [1.29, 1.82) is 0 Å². The molecule has 1 aromatic carbocycles. The van der Waals surface area contributed by atoms with Gasteiger partial charge in [-0.3, -0.25) is 5.21 Å². The lowest BCUT2D eigenvalue weighted by Crippen LogP contribution is -2.39. The molecular weight excluding hydrogens is 204 g/mol. The van der Waals surface area contributed by atoms with Crippen LogP contribution in [0.1, 0.15) is 30.7 Å². The number of benzene rings is 1. The summed E-state index contributed by atoms with van der Waals surface area (Å²) in [5.74, 6) is 0.417. The maximum Gasteiger partial charge on any atom is 0.338 e. The number of nitrogens with zero attached hydrogens (tertiary/aromatic N) is 1. The minimum absolute atomic E-state index is 0.136. The van der Waals surface area contributed by atoms with Crippen LogP contribution in [-0.4, -0.2) is 22.3 Å². The predicted octanol–water partition coefficient (Wildman–Crippen LogP) is 2.09. The van der Waals surface area contributed by atoms with Gasteiger partial charge in [0.2, 0.25) is 0 Å². The summed E-state index contributed by atoms with van der Waals surface area (Å²) in [5, 5.41) is 10.1. The van der Waals surface area contributed by atoms with Crippen LogP contribution < -0.4 is 5.73 Å². The van der Waals surface area contributed by atoms with Crippen LogP contribution in [0.15, 0.2) is 30.3 Å². The first kappa shape index (κ1) is 11.0. The van der Waals surface area contributed by atoms with E-state index in [2.05, 4.69) is 12.1 Å². The van der Waals surface area contributed by atoms with Crippen LogP contribution in [0.2, 0.25) is 0 Å². The van der Waals surface area contributed by atoms with Crippen molar-refractivity contribution < 1.29 is 10.0 Å². The molecular formula is C12H16N2O2. The number of nitrogens with two attached hydrogens (primary N) is 1. The van der Waals surface area contributed by atoms with Gasteiger partial charge in [-0.25, -0.2) is 9.86 Å². The summed E-state index contributed by atoms with van der Waals surface area (Å²) in [5.41, 5.74) is 6.30. The van der Waals surface area contributed by atoms with Crippen LogP contribution in [0.5, 0.6) is 0 Å². The van der Waals surface area contributed by atoms with Gasteiger partial charge < -0.3 is 5.73 Å². The Kier molecular flexibility index (Phi) is 3.10. The molecule has 2 rings (SSSR count). The monoisotopic (exact) mass is 220 g/mol. The summed E-state index contributed by atoms with van der Waals surface area (Å²) in [6, 6.07) is 9.26. The van der Waals surface area contributed by atoms with Crippen molar-refractivity contribution in [1.82, 2.24) is 5.06 Å². The Bertz CT molecular complexity index is 367. The summed E-state index contributed by atoms with van der Waals surface area (Å²) in [6.45, 7) is 0. The van der Waals surface area contributed by atoms with Crippen molar-refractivity contribution in [3.8, 4) is 0 Å². The van der Waals surface area contributed by atoms with Gasteiger partial charge >= 0.3 is 6.03 Å². The molecule has 1 saturated carbocycles. The van der Waals surface area contributed by atoms with E-state index in [4.69, 9.17) is 5.73 Å². The lowest BCUT2D eigenvalue weighted by Gasteiger charge is -2.19. The largest absolute Gasteiger partial charge is 0.350 e. The summed E-state index contributed by atoms with van der Waals surface area (Å²) in [7, 11) is 0. The van der Waals surface area contributed by atoms with Crippen molar-refractivity contribution in [2.24, 2.45) is 5.73 Å². The third-order valence-corrected chi connectivity index (χ3v) is 3.25. The zero-order valence-electron chi connectivity index (χ0n) is 9.04. The van der Waals surface area contributed by atoms with Gasteiger partial charge in [0, 0.05) is 0 Å². The second-order valence-electron chi connectivity index (χ2n) is 4.26. The van der Waals surface area contributed by atoms with E-state index < -0.39 is 6.03 Å². The summed E-state index contributed by atoms with van der Waals surface area (Å²) >= 11 is 0. The number of rotatable bonds is 2. The Morgan fingerprint density at radius 2 is 2.00 bits per heavy atom. The van der Waals surface area contributed by atoms with Crippen molar-refractivity contribution in [2.45, 2.75) is 31.2 Å². The normalized spacial score (nSPS) is 24.3. The SMILES string of the molecule is NC(=O)N(O)C1CCC(c2ccccc2)C1. The van der Waals surface area contributed by atoms with Gasteiger partial charge in [0.15, 0.2) is 0 Å². The molecule has 0 spiro atoms. The predicted molar refractivity (Wildman–Crippen MR) is 60.0 cm³/mol. The quantitative estimate of drug-likeness (QED) is 0.592. The third-order valence-electron chi connectivity index (χ3n) is 3.25. The van der Waals surface area contributed by atoms with Crippen LogP contribution in [0.25, 0.3) is 0 Å². The molecule has 0 radical (unpaired) electrons. The molecule has 0 heterocycles. The van der Waals surface area contributed by atoms with Crippen LogP contribution in [0.4, 0.5) is 4.79 Å². The fraction of sp³-hybridized carbons (Fsp3) is 0.417. The summed E-state index contributed by atoms with van der Waals surface area (Å²) in [4.78, 5) is 10.8. The van der Waals surface area contributed by atoms with E-state index in [1.807, 2.05) is 18.2 Å². The number of amides is 2. The van der Waals surface area contributed by atoms with Gasteiger partial charge in [-0.1, -0.05) is 30.3 Å². The number of hydrogen-bond donors (Lipinski definition) is 2. The maximum absolute atomic E-state index is 10.8. The van der Waals surface area contributed by atoms with E-state index in [-0.39, 0.29) is 6.04 Å². The molecule has 0 bridgehead atoms. The molecule has 1 fully saturated rings. The first-order chi connectivity index (χ1) is 7.68. The van der Waals surface area contributed by atoms with Gasteiger partial charge in [-0.05, 0) is 30.7 Å². The second kappa shape index (κ2) is 4.53. The minimum atomic E-state index is -0.765. The third kappa shape index (κ3) is 2.17. The first-order valence-electron chi connectivity index (χ1n) is 5.51. The smallest absolute Gasteiger partial charge is 0.338 e. The number of hydrogen-bond acceptors (Lipinski definition) is 2. The number of carbonyl (C=O) groups is 1. The first-order valence-corrected chi connectivity index (χ1v) is 5.51. The Hall–Kier alpha value is -1.55. The van der Waals surface area contributed by atoms with E-state index in [1.165, 1.54) is 5.56 Å². The van der Waals surface area contributed by atoms with Gasteiger partial charge in [0.05, 0.1) is 6.04 Å². The van der Waals surface area contributed by atoms with E-state index in [0.717, 1.165) is 19.3 Å². The Balaban J connectivity index is 2.01. The Morgan fingerprint density at radius 1 is 1.31 bits per heavy atom. The number of primary amides is 1. The van der Waals surface area contributed by atoms with Crippen LogP contribution in [-0.2, 0) is 0 Å². The molecule has 2 amide bonds. The molecule has 1 aliphatic carbocycles. The Morgan fingerprint density at radius 3 is 2.62 bits per heavy atom. The molecule has 2 atom stereocenters. The lowest BCUT2D eigenvalue weighted by atomic mass is 9.98. The molecule has 0 aromatic heterocycles. The van der Waals surface area contributed by atoms with Crippen molar-refractivity contribution in [3.05, 3.63) is 35.9 Å². The fourth-order valence-corrected chi connectivity index (χ4v) is 2.39. The highest BCUT2D eigenvalue weighted by Crippen LogP contribution is 2.36. The van der Waals surface area contributed by atoms with E-state index in [1.54, 1.807) is 0 Å². The Labute approximate surface area is 94.6 Å². The number of urea groups is 1. The van der Waals surface area contributed by atoms with Crippen molar-refractivity contribution in [3.63, 3.8) is 0 Å². The minimum Gasteiger partial charge on any atom is -0.350 e. The summed E-state index contributed by atoms with van der Waals surface area (Å²) < 4.78 is 0. The topological polar surface area (TPSA) is 66.6 Å². The highest BCUT2D eigenvalue weighted by molar-refractivity contribution is 5.70. The number of hydroxylamine groups is 2. The standard InChI is InChI=1S/C12H16N2O2/c13-12(15)14(16)11-7-6-10(8-11)9-4-2-1-3-5-9/h1-5,10-11,16H,6-8H2,(H2,13,15). The average molecular weight is 220 g/mol. The molecule has 0 saturated heterocycles. The van der Waals surface area contributed by atoms with Crippen LogP contribution in [0.3, 0.4) is 0 Å². The average Bonchev–Trinajstić information content (AvgIpc) is 2.78. The molecule has 1 aliphatic rings. The van der Waals surface area contributed by atoms with Gasteiger partial charge in [-0.2, -0.15) is 0 Å². The molecule has 2 unspecified atom stereocenters. The van der Waals surface area contributed by atoms with Crippen LogP contribution in [0, 0.1) is 0 Å². The highest BCUT2D eigenvalue weighted by atomic mass is 16.5. The van der Waals surface area contributed by atoms with E-state index in [0.29, 0.717) is 11.0 Å². The molecule has 86 valence electrons. The molecule has 3 N–H and O–H groups in total. The maximum atomic E-state index is 10.8. The molecule has 4 heteroatoms. The lowest BCUT2D eigenvalue weighted by molar-refractivity contribution is -0.0730. The van der Waals surface area contributed by atoms with Gasteiger partial charge in [0.1, 0.15) is 0 Å². The molecule has 0 aliphatic heterocycles. The molecule has 4 nitrogen and oxygen atoms in total. The molecule has 16 heavy (non-hydrogen) atoms. The van der Waals surface area contributed by atoms with E-state index in [9.17, 15) is 10.0 Å². The zero-order valence-corrected chi connectivity index (χ0v) is 9.04. The second-order valence-corrected chi connectivity index (χ2v) is 4.26. The summed E-state index contributed by atoms with van der Waals surface area (Å²) in [6.07, 6.45) is 2.57. The molecule has 1 aromatic rings. The van der Waals surface area contributed by atoms with Crippen molar-refractivity contribution >= 4 is 6.03 Å². The van der Waals surface area contributed by atoms with E-state index >= 15 is 0 Å². The zero-order chi connectivity index (χ0) is 11.5. The van der Waals surface area contributed by atoms with Crippen molar-refractivity contribution in [2.75, 3.05) is 0 Å². The van der Waals surface area contributed by atoms with Gasteiger partial charge in [0.25, 0.3) is 0 Å². The number of carbonyl (C=O) groups excluding carboxylic acids is 1. The highest BCUT2D eigenvalue weighted by Gasteiger charge is 2.31. The van der Waals surface area contributed by atoms with Gasteiger partial charge in [-0.15, -0.1) is 0 Å². The van der Waals surface area contributed by atoms with Crippen LogP contribution >= 0.6 is 0 Å². The fourth-order valence-electron chi connectivity index (χ4n) is 2.39.